The number of ether oxygens (including phenoxy) is 1. The first kappa shape index (κ1) is 27.7. The Morgan fingerprint density at radius 3 is 2.44 bits per heavy atom. The fraction of sp³-hybridized carbons (Fsp3) is 0.214. The summed E-state index contributed by atoms with van der Waals surface area (Å²) in [6, 6.07) is 17.6. The number of carbonyl (C=O) groups is 2. The summed E-state index contributed by atoms with van der Waals surface area (Å²) in [5.74, 6) is -1.23. The van der Waals surface area contributed by atoms with Crippen molar-refractivity contribution in [3.05, 3.63) is 83.1 Å². The van der Waals surface area contributed by atoms with Gasteiger partial charge in [0.1, 0.15) is 17.3 Å². The van der Waals surface area contributed by atoms with E-state index in [2.05, 4.69) is 0 Å². The minimum absolute atomic E-state index is 0.00938. The third-order valence-corrected chi connectivity index (χ3v) is 8.10. The molecule has 2 heterocycles. The zero-order valence-corrected chi connectivity index (χ0v) is 22.8. The smallest absolute Gasteiger partial charge is 0.271 e. The van der Waals surface area contributed by atoms with Gasteiger partial charge in [-0.2, -0.15) is 10.4 Å². The largest absolute Gasteiger partial charge is 0.383 e. The van der Waals surface area contributed by atoms with Crippen LogP contribution in [-0.2, 0) is 24.3 Å². The Bertz CT molecular complexity index is 1650. The van der Waals surface area contributed by atoms with Gasteiger partial charge in [0.2, 0.25) is 10.0 Å². The lowest BCUT2D eigenvalue weighted by atomic mass is 9.93. The van der Waals surface area contributed by atoms with Crippen molar-refractivity contribution in [3.63, 3.8) is 0 Å². The number of hydrogen-bond acceptors (Lipinski definition) is 7. The molecule has 200 valence electrons. The number of sulfonamides is 1. The number of benzene rings is 2. The van der Waals surface area contributed by atoms with E-state index in [9.17, 15) is 23.3 Å². The molecule has 4 rings (SSSR count). The Kier molecular flexibility index (Phi) is 7.92. The van der Waals surface area contributed by atoms with Gasteiger partial charge >= 0.3 is 0 Å². The number of methoxy groups -OCH3 is 1. The molecule has 10 nitrogen and oxygen atoms in total. The van der Waals surface area contributed by atoms with Crippen LogP contribution in [0.4, 0.5) is 0 Å². The molecule has 0 bridgehead atoms. The third kappa shape index (κ3) is 5.31. The van der Waals surface area contributed by atoms with Gasteiger partial charge in [-0.15, -0.1) is 0 Å². The summed E-state index contributed by atoms with van der Waals surface area (Å²) in [5.41, 5.74) is 2.46. The van der Waals surface area contributed by atoms with Crippen LogP contribution in [0.1, 0.15) is 12.5 Å². The summed E-state index contributed by atoms with van der Waals surface area (Å²) in [5, 5.41) is 14.4. The highest BCUT2D eigenvalue weighted by Crippen LogP contribution is 2.32. The summed E-state index contributed by atoms with van der Waals surface area (Å²) in [7, 11) is 0.649. The van der Waals surface area contributed by atoms with Gasteiger partial charge in [0.05, 0.1) is 23.7 Å². The molecule has 0 spiro atoms. The molecule has 0 saturated carbocycles. The number of amides is 2. The molecule has 0 atom stereocenters. The average molecular weight is 546 g/mol. The van der Waals surface area contributed by atoms with Crippen LogP contribution in [0.2, 0.25) is 0 Å². The Morgan fingerprint density at radius 2 is 1.79 bits per heavy atom. The first-order valence-electron chi connectivity index (χ1n) is 12.0. The Labute approximate surface area is 227 Å². The van der Waals surface area contributed by atoms with E-state index in [1.165, 1.54) is 33.3 Å². The zero-order chi connectivity index (χ0) is 28.3. The normalized spacial score (nSPS) is 15.4. The molecule has 11 heteroatoms. The summed E-state index contributed by atoms with van der Waals surface area (Å²) in [4.78, 5) is 27.3. The molecule has 2 aromatic carbocycles. The maximum absolute atomic E-state index is 13.4. The van der Waals surface area contributed by atoms with E-state index in [0.717, 1.165) is 14.9 Å². The quantitative estimate of drug-likeness (QED) is 0.315. The molecular weight excluding hydrogens is 518 g/mol. The molecule has 0 N–H and O–H groups in total. The number of para-hydroxylation sites is 1. The van der Waals surface area contributed by atoms with Gasteiger partial charge in [0.25, 0.3) is 11.8 Å². The Morgan fingerprint density at radius 1 is 1.08 bits per heavy atom. The highest BCUT2D eigenvalue weighted by atomic mass is 32.2. The van der Waals surface area contributed by atoms with Crippen LogP contribution in [0, 0.1) is 11.3 Å². The fourth-order valence-corrected chi connectivity index (χ4v) is 5.06. The monoisotopic (exact) mass is 545 g/mol. The molecular formula is C28H27N5O5S. The molecule has 1 aliphatic heterocycles. The fourth-order valence-electron chi connectivity index (χ4n) is 4.12. The molecule has 39 heavy (non-hydrogen) atoms. The predicted molar refractivity (Wildman–Crippen MR) is 145 cm³/mol. The van der Waals surface area contributed by atoms with Crippen LogP contribution in [0.25, 0.3) is 23.0 Å². The molecule has 1 aliphatic rings. The van der Waals surface area contributed by atoms with Crippen molar-refractivity contribution in [2.24, 2.45) is 0 Å². The van der Waals surface area contributed by atoms with E-state index in [-0.39, 0.29) is 34.8 Å². The summed E-state index contributed by atoms with van der Waals surface area (Å²) >= 11 is 0. The third-order valence-electron chi connectivity index (χ3n) is 6.29. The van der Waals surface area contributed by atoms with Gasteiger partial charge in [-0.1, -0.05) is 30.3 Å². The minimum atomic E-state index is -3.71. The topological polar surface area (TPSA) is 126 Å². The van der Waals surface area contributed by atoms with Crippen LogP contribution in [0.3, 0.4) is 0 Å². The number of nitriles is 1. The first-order valence-corrected chi connectivity index (χ1v) is 13.4. The lowest BCUT2D eigenvalue weighted by Gasteiger charge is -2.27. The second kappa shape index (κ2) is 11.2. The summed E-state index contributed by atoms with van der Waals surface area (Å²) < 4.78 is 33.4. The Balaban J connectivity index is 1.94. The van der Waals surface area contributed by atoms with Crippen molar-refractivity contribution in [3.8, 4) is 23.0 Å². The lowest BCUT2D eigenvalue weighted by molar-refractivity contribution is -0.141. The second-order valence-electron chi connectivity index (χ2n) is 8.95. The van der Waals surface area contributed by atoms with Crippen molar-refractivity contribution < 1.29 is 22.7 Å². The highest BCUT2D eigenvalue weighted by molar-refractivity contribution is 7.89. The van der Waals surface area contributed by atoms with E-state index in [1.54, 1.807) is 36.0 Å². The molecule has 2 amide bonds. The molecule has 3 aromatic rings. The zero-order valence-electron chi connectivity index (χ0n) is 22.0. The van der Waals surface area contributed by atoms with E-state index in [1.807, 2.05) is 36.4 Å². The van der Waals surface area contributed by atoms with Crippen LogP contribution in [0.15, 0.2) is 82.4 Å². The number of carbonyl (C=O) groups excluding carboxylic acids is 2. The van der Waals surface area contributed by atoms with Crippen molar-refractivity contribution in [2.75, 3.05) is 34.4 Å². The molecule has 0 saturated heterocycles. The van der Waals surface area contributed by atoms with E-state index >= 15 is 0 Å². The lowest BCUT2D eigenvalue weighted by Crippen LogP contribution is -2.44. The molecule has 0 unspecified atom stereocenters. The van der Waals surface area contributed by atoms with Gasteiger partial charge in [-0.05, 0) is 42.8 Å². The Hall–Kier alpha value is -4.37. The van der Waals surface area contributed by atoms with Gasteiger partial charge in [0.15, 0.2) is 0 Å². The average Bonchev–Trinajstić information content (AvgIpc) is 3.36. The van der Waals surface area contributed by atoms with Gasteiger partial charge in [-0.25, -0.2) is 17.4 Å². The maximum Gasteiger partial charge on any atom is 0.271 e. The van der Waals surface area contributed by atoms with Crippen molar-refractivity contribution in [1.29, 1.82) is 5.26 Å². The predicted octanol–water partition coefficient (Wildman–Crippen LogP) is 3.03. The number of aromatic nitrogens is 2. The van der Waals surface area contributed by atoms with Crippen LogP contribution in [0.5, 0.6) is 0 Å². The number of hydrogen-bond donors (Lipinski definition) is 0. The highest BCUT2D eigenvalue weighted by Gasteiger charge is 2.35. The van der Waals surface area contributed by atoms with Crippen molar-refractivity contribution in [2.45, 2.75) is 11.8 Å². The number of imide groups is 1. The number of rotatable bonds is 8. The molecule has 0 fully saturated rings. The standard InChI is InChI=1S/C28H27N5O5S/c1-19-24(27(34)32(13-14-38-4)28(35)25(19)17-29)16-21-18-33(22-10-6-5-7-11-22)30-26(21)20-9-8-12-23(15-20)39(36,37)31(2)3/h5-12,15-16,18H,13-14H2,1-4H3/b24-16+. The summed E-state index contributed by atoms with van der Waals surface area (Å²) in [6.45, 7) is 1.66. The van der Waals surface area contributed by atoms with Gasteiger partial charge in [0, 0.05) is 44.1 Å². The van der Waals surface area contributed by atoms with E-state index in [4.69, 9.17) is 9.84 Å². The van der Waals surface area contributed by atoms with Crippen molar-refractivity contribution >= 4 is 27.9 Å². The van der Waals surface area contributed by atoms with Crippen LogP contribution in [-0.4, -0.2) is 73.6 Å². The van der Waals surface area contributed by atoms with Crippen LogP contribution >= 0.6 is 0 Å². The van der Waals surface area contributed by atoms with E-state index < -0.39 is 21.8 Å². The molecule has 1 aromatic heterocycles. The molecule has 0 radical (unpaired) electrons. The first-order chi connectivity index (χ1) is 18.6. The number of nitrogens with zero attached hydrogens (tertiary/aromatic N) is 5. The van der Waals surface area contributed by atoms with Gasteiger partial charge < -0.3 is 4.74 Å². The minimum Gasteiger partial charge on any atom is -0.383 e. The SMILES string of the molecule is COCCN1C(=O)C(C#N)=C(C)/C(=C\c2cn(-c3ccccc3)nc2-c2cccc(S(=O)(=O)N(C)C)c2)C1=O. The molecule has 0 aliphatic carbocycles. The summed E-state index contributed by atoms with van der Waals surface area (Å²) in [6.07, 6.45) is 3.30. The maximum atomic E-state index is 13.4. The van der Waals surface area contributed by atoms with Crippen molar-refractivity contribution in [1.82, 2.24) is 19.0 Å². The van der Waals surface area contributed by atoms with Gasteiger partial charge in [-0.3, -0.25) is 14.5 Å². The second-order valence-corrected chi connectivity index (χ2v) is 11.1. The van der Waals surface area contributed by atoms with Crippen LogP contribution < -0.4 is 0 Å². The van der Waals surface area contributed by atoms with E-state index in [0.29, 0.717) is 16.8 Å².